The summed E-state index contributed by atoms with van der Waals surface area (Å²) in [4.78, 5) is 0. The van der Waals surface area contributed by atoms with Gasteiger partial charge in [0.05, 0.1) is 0 Å². The summed E-state index contributed by atoms with van der Waals surface area (Å²) in [5.41, 5.74) is 1.89. The van der Waals surface area contributed by atoms with Crippen LogP contribution < -0.4 is 5.32 Å². The van der Waals surface area contributed by atoms with Crippen molar-refractivity contribution in [3.8, 4) is 0 Å². The molecular weight excluding hydrogens is 254 g/mol. The summed E-state index contributed by atoms with van der Waals surface area (Å²) in [6.07, 6.45) is 3.87. The number of benzene rings is 1. The maximum absolute atomic E-state index is 6.10. The first-order chi connectivity index (χ1) is 8.78. The molecule has 106 valence electrons. The van der Waals surface area contributed by atoms with E-state index in [1.165, 1.54) is 18.4 Å². The molecule has 1 unspecified atom stereocenters. The van der Waals surface area contributed by atoms with Crippen LogP contribution in [0.1, 0.15) is 46.1 Å². The summed E-state index contributed by atoms with van der Waals surface area (Å²) in [5, 5.41) is 4.53. The number of halogens is 1. The van der Waals surface area contributed by atoms with Crippen LogP contribution in [-0.2, 0) is 6.42 Å². The Morgan fingerprint density at radius 2 is 1.89 bits per heavy atom. The van der Waals surface area contributed by atoms with Crippen molar-refractivity contribution >= 4 is 11.6 Å². The van der Waals surface area contributed by atoms with E-state index in [4.69, 9.17) is 11.6 Å². The molecule has 1 aliphatic rings. The molecule has 1 aliphatic carbocycles. The molecular formula is C17H26ClN. The molecule has 0 radical (unpaired) electrons. The Hall–Kier alpha value is -0.530. The van der Waals surface area contributed by atoms with Crippen LogP contribution in [0.25, 0.3) is 0 Å². The van der Waals surface area contributed by atoms with Crippen LogP contribution in [-0.4, -0.2) is 12.1 Å². The number of rotatable bonds is 5. The van der Waals surface area contributed by atoms with E-state index in [0.29, 0.717) is 5.41 Å². The highest BCUT2D eigenvalue weighted by molar-refractivity contribution is 6.30. The van der Waals surface area contributed by atoms with Crippen LogP contribution in [0.2, 0.25) is 5.02 Å². The molecule has 1 aromatic carbocycles. The van der Waals surface area contributed by atoms with Crippen molar-refractivity contribution in [3.63, 3.8) is 0 Å². The van der Waals surface area contributed by atoms with Crippen molar-refractivity contribution in [1.29, 1.82) is 0 Å². The van der Waals surface area contributed by atoms with E-state index >= 15 is 0 Å². The van der Waals surface area contributed by atoms with E-state index in [1.54, 1.807) is 0 Å². The molecule has 0 saturated heterocycles. The van der Waals surface area contributed by atoms with Crippen LogP contribution in [0.4, 0.5) is 0 Å². The second-order valence-corrected chi connectivity index (χ2v) is 7.77. The highest BCUT2D eigenvalue weighted by Gasteiger charge is 2.41. The van der Waals surface area contributed by atoms with Crippen molar-refractivity contribution in [1.82, 2.24) is 5.32 Å². The molecule has 1 aromatic rings. The van der Waals surface area contributed by atoms with Gasteiger partial charge in [0.2, 0.25) is 0 Å². The molecule has 0 heterocycles. The van der Waals surface area contributed by atoms with Crippen molar-refractivity contribution in [2.24, 2.45) is 11.3 Å². The Morgan fingerprint density at radius 3 is 2.42 bits per heavy atom. The minimum Gasteiger partial charge on any atom is -0.312 e. The van der Waals surface area contributed by atoms with Gasteiger partial charge in [-0.3, -0.25) is 0 Å². The van der Waals surface area contributed by atoms with Gasteiger partial charge in [0.25, 0.3) is 0 Å². The molecule has 0 bridgehead atoms. The van der Waals surface area contributed by atoms with Gasteiger partial charge in [0.15, 0.2) is 0 Å². The second-order valence-electron chi connectivity index (χ2n) is 7.34. The minimum atomic E-state index is 0.185. The van der Waals surface area contributed by atoms with Crippen LogP contribution in [0.15, 0.2) is 24.3 Å². The number of hydrogen-bond donors (Lipinski definition) is 1. The maximum Gasteiger partial charge on any atom is 0.0408 e. The summed E-state index contributed by atoms with van der Waals surface area (Å²) < 4.78 is 0. The van der Waals surface area contributed by atoms with Gasteiger partial charge in [-0.25, -0.2) is 0 Å². The van der Waals surface area contributed by atoms with Gasteiger partial charge in [-0.05, 0) is 69.1 Å². The standard InChI is InChI=1S/C17H26ClN/c1-16(2,3)19-12-17(4,14-8-9-14)11-13-6-5-7-15(18)10-13/h5-7,10,14,19H,8-9,11-12H2,1-4H3. The first kappa shape index (κ1) is 14.9. The zero-order valence-electron chi connectivity index (χ0n) is 12.6. The van der Waals surface area contributed by atoms with Gasteiger partial charge < -0.3 is 5.32 Å². The average Bonchev–Trinajstić information content (AvgIpc) is 3.09. The van der Waals surface area contributed by atoms with E-state index in [9.17, 15) is 0 Å². The van der Waals surface area contributed by atoms with E-state index in [-0.39, 0.29) is 5.54 Å². The third kappa shape index (κ3) is 4.50. The molecule has 1 saturated carbocycles. The summed E-state index contributed by atoms with van der Waals surface area (Å²) >= 11 is 6.10. The smallest absolute Gasteiger partial charge is 0.0408 e. The van der Waals surface area contributed by atoms with E-state index in [0.717, 1.165) is 23.9 Å². The Bertz CT molecular complexity index is 431. The number of nitrogens with one attached hydrogen (secondary N) is 1. The van der Waals surface area contributed by atoms with Gasteiger partial charge in [-0.2, -0.15) is 0 Å². The van der Waals surface area contributed by atoms with E-state index in [1.807, 2.05) is 6.07 Å². The molecule has 0 aliphatic heterocycles. The summed E-state index contributed by atoms with van der Waals surface area (Å²) in [7, 11) is 0. The SMILES string of the molecule is CC(C)(C)NCC(C)(Cc1cccc(Cl)c1)C1CC1. The molecule has 1 N–H and O–H groups in total. The van der Waals surface area contributed by atoms with Crippen LogP contribution in [0.3, 0.4) is 0 Å². The molecule has 0 aromatic heterocycles. The quantitative estimate of drug-likeness (QED) is 0.825. The zero-order valence-corrected chi connectivity index (χ0v) is 13.3. The minimum absolute atomic E-state index is 0.185. The first-order valence-corrected chi connectivity index (χ1v) is 7.66. The second kappa shape index (κ2) is 5.46. The molecule has 19 heavy (non-hydrogen) atoms. The maximum atomic E-state index is 6.10. The van der Waals surface area contributed by atoms with Crippen LogP contribution in [0.5, 0.6) is 0 Å². The fourth-order valence-electron chi connectivity index (χ4n) is 2.71. The molecule has 1 fully saturated rings. The van der Waals surface area contributed by atoms with Gasteiger partial charge >= 0.3 is 0 Å². The zero-order chi connectivity index (χ0) is 14.1. The summed E-state index contributed by atoms with van der Waals surface area (Å²) in [6, 6.07) is 8.32. The third-order valence-corrected chi connectivity index (χ3v) is 4.32. The fourth-order valence-corrected chi connectivity index (χ4v) is 2.92. The normalized spacial score (nSPS) is 19.2. The first-order valence-electron chi connectivity index (χ1n) is 7.28. The fraction of sp³-hybridized carbons (Fsp3) is 0.647. The van der Waals surface area contributed by atoms with Gasteiger partial charge in [-0.15, -0.1) is 0 Å². The summed E-state index contributed by atoms with van der Waals surface area (Å²) in [6.45, 7) is 10.2. The average molecular weight is 280 g/mol. The predicted molar refractivity (Wildman–Crippen MR) is 83.7 cm³/mol. The highest BCUT2D eigenvalue weighted by atomic mass is 35.5. The van der Waals surface area contributed by atoms with Crippen molar-refractivity contribution < 1.29 is 0 Å². The van der Waals surface area contributed by atoms with E-state index in [2.05, 4.69) is 51.2 Å². The topological polar surface area (TPSA) is 12.0 Å². The van der Waals surface area contributed by atoms with Gasteiger partial charge in [0, 0.05) is 17.1 Å². The molecule has 0 amide bonds. The van der Waals surface area contributed by atoms with E-state index < -0.39 is 0 Å². The van der Waals surface area contributed by atoms with Crippen LogP contribution >= 0.6 is 11.6 Å². The van der Waals surface area contributed by atoms with Crippen molar-refractivity contribution in [2.75, 3.05) is 6.54 Å². The Kier molecular flexibility index (Phi) is 4.27. The highest BCUT2D eigenvalue weighted by Crippen LogP contribution is 2.47. The van der Waals surface area contributed by atoms with Crippen molar-refractivity contribution in [2.45, 2.75) is 52.5 Å². The van der Waals surface area contributed by atoms with Gasteiger partial charge in [0.1, 0.15) is 0 Å². The monoisotopic (exact) mass is 279 g/mol. The molecule has 1 nitrogen and oxygen atoms in total. The number of hydrogen-bond acceptors (Lipinski definition) is 1. The lowest BCUT2D eigenvalue weighted by atomic mass is 9.78. The molecule has 0 spiro atoms. The Balaban J connectivity index is 2.07. The predicted octanol–water partition coefficient (Wildman–Crippen LogP) is 4.69. The molecule has 2 rings (SSSR count). The third-order valence-electron chi connectivity index (χ3n) is 4.08. The largest absolute Gasteiger partial charge is 0.312 e. The van der Waals surface area contributed by atoms with Crippen LogP contribution in [0, 0.1) is 11.3 Å². The van der Waals surface area contributed by atoms with Gasteiger partial charge in [-0.1, -0.05) is 30.7 Å². The Morgan fingerprint density at radius 1 is 1.21 bits per heavy atom. The molecule has 1 atom stereocenters. The molecule has 2 heteroatoms. The lowest BCUT2D eigenvalue weighted by Crippen LogP contribution is -2.44. The Labute approximate surface area is 122 Å². The van der Waals surface area contributed by atoms with Crippen molar-refractivity contribution in [3.05, 3.63) is 34.9 Å². The lowest BCUT2D eigenvalue weighted by Gasteiger charge is -2.34. The lowest BCUT2D eigenvalue weighted by molar-refractivity contribution is 0.228. The summed E-state index contributed by atoms with van der Waals surface area (Å²) in [5.74, 6) is 0.862.